The standard InChI is InChI=1S/C22H26N2O6/c1-5-8-30-21(27)18-12(2)23-14-10-22(3,4)11-17(26)20(14)19(18)13-6-7-16(25)15(9-13)24(28)29/h6-7,9,19,23,25H,5,8,10-11H2,1-4H3/t19-/m1/s1. The lowest BCUT2D eigenvalue weighted by Gasteiger charge is -2.39. The number of nitro benzene ring substituents is 1. The molecule has 1 aromatic carbocycles. The molecule has 8 nitrogen and oxygen atoms in total. The Balaban J connectivity index is 2.20. The summed E-state index contributed by atoms with van der Waals surface area (Å²) in [5, 5.41) is 24.4. The molecule has 1 heterocycles. The number of phenols is 1. The summed E-state index contributed by atoms with van der Waals surface area (Å²) in [6, 6.07) is 3.96. The van der Waals surface area contributed by atoms with Crippen LogP contribution in [0.4, 0.5) is 5.69 Å². The van der Waals surface area contributed by atoms with Crippen LogP contribution >= 0.6 is 0 Å². The summed E-state index contributed by atoms with van der Waals surface area (Å²) in [6.45, 7) is 7.84. The van der Waals surface area contributed by atoms with Crippen molar-refractivity contribution in [3.05, 3.63) is 56.4 Å². The zero-order chi connectivity index (χ0) is 22.2. The minimum absolute atomic E-state index is 0.109. The van der Waals surface area contributed by atoms with E-state index in [4.69, 9.17) is 4.74 Å². The Kier molecular flexibility index (Phi) is 5.70. The van der Waals surface area contributed by atoms with Crippen LogP contribution in [0.25, 0.3) is 0 Å². The van der Waals surface area contributed by atoms with Gasteiger partial charge >= 0.3 is 11.7 Å². The molecule has 0 radical (unpaired) electrons. The van der Waals surface area contributed by atoms with Crippen molar-refractivity contribution in [3.8, 4) is 5.75 Å². The molecule has 2 N–H and O–H groups in total. The molecule has 30 heavy (non-hydrogen) atoms. The summed E-state index contributed by atoms with van der Waals surface area (Å²) in [5.41, 5.74) is 1.65. The van der Waals surface area contributed by atoms with Crippen LogP contribution in [0.1, 0.15) is 58.4 Å². The summed E-state index contributed by atoms with van der Waals surface area (Å²) in [7, 11) is 0. The van der Waals surface area contributed by atoms with Crippen molar-refractivity contribution in [3.63, 3.8) is 0 Å². The SMILES string of the molecule is CCCOC(=O)C1=C(C)NC2=C(C(=O)CC(C)(C)C2)[C@@H]1c1ccc(O)c([N+](=O)[O-])c1. The maximum absolute atomic E-state index is 13.1. The predicted octanol–water partition coefficient (Wildman–Crippen LogP) is 3.86. The van der Waals surface area contributed by atoms with Crippen LogP contribution in [0.3, 0.4) is 0 Å². The number of rotatable bonds is 5. The van der Waals surface area contributed by atoms with Gasteiger partial charge in [0.2, 0.25) is 0 Å². The first kappa shape index (κ1) is 21.5. The lowest BCUT2D eigenvalue weighted by molar-refractivity contribution is -0.385. The first-order valence-electron chi connectivity index (χ1n) is 9.94. The number of allylic oxidation sites excluding steroid dienone is 3. The second-order valence-electron chi connectivity index (χ2n) is 8.57. The van der Waals surface area contributed by atoms with E-state index >= 15 is 0 Å². The molecular formula is C22H26N2O6. The van der Waals surface area contributed by atoms with Crippen LogP contribution in [0.5, 0.6) is 5.75 Å². The number of hydrogen-bond acceptors (Lipinski definition) is 7. The number of ether oxygens (including phenoxy) is 1. The Hall–Kier alpha value is -3.16. The summed E-state index contributed by atoms with van der Waals surface area (Å²) >= 11 is 0. The normalized spacial score (nSPS) is 20.5. The van der Waals surface area contributed by atoms with Gasteiger partial charge in [0.1, 0.15) is 0 Å². The Labute approximate surface area is 174 Å². The van der Waals surface area contributed by atoms with E-state index in [1.165, 1.54) is 18.2 Å². The van der Waals surface area contributed by atoms with Gasteiger partial charge in [-0.15, -0.1) is 0 Å². The number of nitro groups is 1. The maximum Gasteiger partial charge on any atom is 0.336 e. The third kappa shape index (κ3) is 3.94. The van der Waals surface area contributed by atoms with Crippen molar-refractivity contribution in [1.82, 2.24) is 5.32 Å². The minimum atomic E-state index is -0.798. The van der Waals surface area contributed by atoms with Gasteiger partial charge in [-0.2, -0.15) is 0 Å². The van der Waals surface area contributed by atoms with Crippen molar-refractivity contribution in [2.75, 3.05) is 6.61 Å². The van der Waals surface area contributed by atoms with Crippen LogP contribution in [-0.2, 0) is 14.3 Å². The number of esters is 1. The lowest BCUT2D eigenvalue weighted by Crippen LogP contribution is -2.38. The molecule has 0 spiro atoms. The minimum Gasteiger partial charge on any atom is -0.502 e. The summed E-state index contributed by atoms with van der Waals surface area (Å²) in [5.74, 6) is -1.94. The van der Waals surface area contributed by atoms with Crippen LogP contribution in [0.2, 0.25) is 0 Å². The van der Waals surface area contributed by atoms with Crippen molar-refractivity contribution in [1.29, 1.82) is 0 Å². The fourth-order valence-electron chi connectivity index (χ4n) is 4.18. The molecule has 0 unspecified atom stereocenters. The first-order valence-corrected chi connectivity index (χ1v) is 9.94. The summed E-state index contributed by atoms with van der Waals surface area (Å²) < 4.78 is 5.36. The van der Waals surface area contributed by atoms with E-state index in [0.717, 1.165) is 5.70 Å². The maximum atomic E-state index is 13.1. The van der Waals surface area contributed by atoms with Gasteiger partial charge in [0.15, 0.2) is 11.5 Å². The Morgan fingerprint density at radius 3 is 2.70 bits per heavy atom. The van der Waals surface area contributed by atoms with Crippen molar-refractivity contribution >= 4 is 17.4 Å². The van der Waals surface area contributed by atoms with Crippen molar-refractivity contribution < 1.29 is 24.4 Å². The van der Waals surface area contributed by atoms with Gasteiger partial charge in [0.05, 0.1) is 17.1 Å². The quantitative estimate of drug-likeness (QED) is 0.427. The van der Waals surface area contributed by atoms with Crippen LogP contribution in [0.15, 0.2) is 40.7 Å². The highest BCUT2D eigenvalue weighted by Gasteiger charge is 2.43. The molecule has 8 heteroatoms. The Morgan fingerprint density at radius 2 is 2.07 bits per heavy atom. The first-order chi connectivity index (χ1) is 14.1. The molecular weight excluding hydrogens is 388 g/mol. The van der Waals surface area contributed by atoms with E-state index < -0.39 is 28.2 Å². The molecule has 0 aromatic heterocycles. The number of ketones is 1. The monoisotopic (exact) mass is 414 g/mol. The third-order valence-electron chi connectivity index (χ3n) is 5.43. The number of phenolic OH excluding ortho intramolecular Hbond substituents is 1. The topological polar surface area (TPSA) is 119 Å². The zero-order valence-electron chi connectivity index (χ0n) is 17.6. The number of carbonyl (C=O) groups excluding carboxylic acids is 2. The van der Waals surface area contributed by atoms with Crippen LogP contribution < -0.4 is 5.32 Å². The highest BCUT2D eigenvalue weighted by atomic mass is 16.6. The second-order valence-corrected chi connectivity index (χ2v) is 8.57. The largest absolute Gasteiger partial charge is 0.502 e. The van der Waals surface area contributed by atoms with Gasteiger partial charge in [-0.1, -0.05) is 26.8 Å². The van der Waals surface area contributed by atoms with E-state index in [-0.39, 0.29) is 23.4 Å². The molecule has 0 saturated heterocycles. The molecule has 3 rings (SSSR count). The van der Waals surface area contributed by atoms with Gasteiger partial charge in [0, 0.05) is 35.4 Å². The number of Topliss-reactive ketones (excluding diaryl/α,β-unsaturated/α-hetero) is 1. The van der Waals surface area contributed by atoms with Gasteiger partial charge in [-0.3, -0.25) is 14.9 Å². The molecule has 1 aliphatic heterocycles. The van der Waals surface area contributed by atoms with E-state index in [1.807, 2.05) is 20.8 Å². The molecule has 0 saturated carbocycles. The summed E-state index contributed by atoms with van der Waals surface area (Å²) in [6.07, 6.45) is 1.56. The average molecular weight is 414 g/mol. The second kappa shape index (κ2) is 7.93. The number of carbonyl (C=O) groups is 2. The van der Waals surface area contributed by atoms with Crippen LogP contribution in [-0.4, -0.2) is 28.4 Å². The zero-order valence-corrected chi connectivity index (χ0v) is 17.6. The predicted molar refractivity (Wildman–Crippen MR) is 110 cm³/mol. The highest BCUT2D eigenvalue weighted by molar-refractivity contribution is 6.04. The molecule has 160 valence electrons. The van der Waals surface area contributed by atoms with Gasteiger partial charge < -0.3 is 15.2 Å². The number of aromatic hydroxyl groups is 1. The third-order valence-corrected chi connectivity index (χ3v) is 5.43. The van der Waals surface area contributed by atoms with Crippen molar-refractivity contribution in [2.45, 2.75) is 52.9 Å². The lowest BCUT2D eigenvalue weighted by atomic mass is 9.68. The number of hydrogen-bond donors (Lipinski definition) is 2. The van der Waals surface area contributed by atoms with Gasteiger partial charge in [0.25, 0.3) is 0 Å². The molecule has 1 aliphatic carbocycles. The van der Waals surface area contributed by atoms with E-state index in [0.29, 0.717) is 36.1 Å². The number of benzene rings is 1. The number of dihydropyridines is 1. The Bertz CT molecular complexity index is 989. The highest BCUT2D eigenvalue weighted by Crippen LogP contribution is 2.47. The molecule has 0 bridgehead atoms. The van der Waals surface area contributed by atoms with Crippen molar-refractivity contribution in [2.24, 2.45) is 5.41 Å². The smallest absolute Gasteiger partial charge is 0.336 e. The van der Waals surface area contributed by atoms with E-state index in [9.17, 15) is 24.8 Å². The average Bonchev–Trinajstić information content (AvgIpc) is 2.64. The fourth-order valence-corrected chi connectivity index (χ4v) is 4.18. The molecule has 0 amide bonds. The fraction of sp³-hybridized carbons (Fsp3) is 0.455. The van der Waals surface area contributed by atoms with Gasteiger partial charge in [-0.25, -0.2) is 4.79 Å². The molecule has 2 aliphatic rings. The van der Waals surface area contributed by atoms with E-state index in [1.54, 1.807) is 6.92 Å². The number of nitrogens with one attached hydrogen (secondary N) is 1. The number of nitrogens with zero attached hydrogens (tertiary/aromatic N) is 1. The Morgan fingerprint density at radius 1 is 1.37 bits per heavy atom. The molecule has 1 aromatic rings. The van der Waals surface area contributed by atoms with E-state index in [2.05, 4.69) is 5.32 Å². The summed E-state index contributed by atoms with van der Waals surface area (Å²) in [4.78, 5) is 36.7. The van der Waals surface area contributed by atoms with Crippen LogP contribution in [0, 0.1) is 15.5 Å². The molecule has 0 fully saturated rings. The molecule has 1 atom stereocenters. The van der Waals surface area contributed by atoms with Gasteiger partial charge in [-0.05, 0) is 36.8 Å².